The molecule has 0 N–H and O–H groups in total. The van der Waals surface area contributed by atoms with Crippen LogP contribution in [0.15, 0.2) is 0 Å². The summed E-state index contributed by atoms with van der Waals surface area (Å²) < 4.78 is 18.1. The number of halogens is 1. The molecule has 0 amide bonds. The molecule has 0 unspecified atom stereocenters. The zero-order valence-corrected chi connectivity index (χ0v) is 12.6. The van der Waals surface area contributed by atoms with Gasteiger partial charge in [0, 0.05) is 0 Å². The Labute approximate surface area is 123 Å². The van der Waals surface area contributed by atoms with Crippen LogP contribution in [-0.4, -0.2) is 55.1 Å². The van der Waals surface area contributed by atoms with Crippen molar-refractivity contribution >= 4 is 39.8 Å². The second-order valence-electron chi connectivity index (χ2n) is 3.19. The van der Waals surface area contributed by atoms with Crippen LogP contribution in [0.25, 0.3) is 0 Å². The zero-order chi connectivity index (χ0) is 15.5. The average molecular weight is 355 g/mol. The van der Waals surface area contributed by atoms with Crippen LogP contribution in [0, 0.1) is 0 Å². The first-order valence-corrected chi connectivity index (χ1v) is 6.62. The Bertz CT molecular complexity index is 333. The van der Waals surface area contributed by atoms with Gasteiger partial charge in [-0.15, -0.1) is 0 Å². The minimum Gasteiger partial charge on any atom is -0.463 e. The molecule has 0 aromatic carbocycles. The van der Waals surface area contributed by atoms with E-state index in [2.05, 4.69) is 34.9 Å². The van der Waals surface area contributed by atoms with E-state index >= 15 is 0 Å². The third kappa shape index (κ3) is 7.72. The topological polar surface area (TPSA) is 105 Å². The van der Waals surface area contributed by atoms with E-state index in [0.717, 1.165) is 0 Å². The van der Waals surface area contributed by atoms with Crippen molar-refractivity contribution in [2.45, 2.75) is 18.7 Å². The predicted octanol–water partition coefficient (Wildman–Crippen LogP) is -0.0375. The molecule has 0 aliphatic rings. The second kappa shape index (κ2) is 10.2. The van der Waals surface area contributed by atoms with Crippen molar-refractivity contribution in [1.29, 1.82) is 0 Å². The highest BCUT2D eigenvalue weighted by Gasteiger charge is 2.28. The lowest BCUT2D eigenvalue weighted by Gasteiger charge is -2.09. The van der Waals surface area contributed by atoms with Gasteiger partial charge in [-0.3, -0.25) is 9.59 Å². The molecular weight excluding hydrogens is 340 g/mol. The van der Waals surface area contributed by atoms with Crippen molar-refractivity contribution in [3.8, 4) is 0 Å². The molecule has 0 heterocycles. The molecule has 20 heavy (non-hydrogen) atoms. The summed E-state index contributed by atoms with van der Waals surface area (Å²) in [5.41, 5.74) is 0. The standard InChI is InChI=1S/C11H15BrO8/c1-3-17-7(13)5-19-10(15)9(12)11(16)20-6-8(14)18-4-2/h9H,3-6H2,1-2H3. The molecule has 8 nitrogen and oxygen atoms in total. The molecule has 0 aromatic heterocycles. The maximum atomic E-state index is 11.4. The summed E-state index contributed by atoms with van der Waals surface area (Å²) in [6.45, 7) is 2.27. The average Bonchev–Trinajstić information content (AvgIpc) is 2.42. The molecule has 0 aliphatic heterocycles. The number of esters is 4. The van der Waals surface area contributed by atoms with E-state index in [4.69, 9.17) is 0 Å². The number of hydrogen-bond acceptors (Lipinski definition) is 8. The van der Waals surface area contributed by atoms with Gasteiger partial charge in [-0.25, -0.2) is 9.59 Å². The van der Waals surface area contributed by atoms with E-state index in [1.807, 2.05) is 0 Å². The van der Waals surface area contributed by atoms with Gasteiger partial charge < -0.3 is 18.9 Å². The minimum atomic E-state index is -1.44. The Hall–Kier alpha value is -1.64. The molecule has 0 saturated heterocycles. The van der Waals surface area contributed by atoms with E-state index in [1.165, 1.54) is 0 Å². The van der Waals surface area contributed by atoms with Gasteiger partial charge in [0.05, 0.1) is 13.2 Å². The largest absolute Gasteiger partial charge is 0.463 e. The first-order chi connectivity index (χ1) is 9.42. The van der Waals surface area contributed by atoms with Crippen molar-refractivity contribution in [2.75, 3.05) is 26.4 Å². The lowest BCUT2D eigenvalue weighted by Crippen LogP contribution is -2.31. The van der Waals surface area contributed by atoms with Crippen LogP contribution >= 0.6 is 15.9 Å². The van der Waals surface area contributed by atoms with Gasteiger partial charge in [0.1, 0.15) is 0 Å². The van der Waals surface area contributed by atoms with Crippen LogP contribution in [0.3, 0.4) is 0 Å². The summed E-state index contributed by atoms with van der Waals surface area (Å²) in [6.07, 6.45) is 0. The molecule has 0 aromatic rings. The normalized spacial score (nSPS) is 9.80. The number of alkyl halides is 1. The summed E-state index contributed by atoms with van der Waals surface area (Å²) in [6, 6.07) is 0. The molecule has 0 bridgehead atoms. The SMILES string of the molecule is CCOC(=O)COC(=O)C(Br)C(=O)OCC(=O)OCC. The quantitative estimate of drug-likeness (QED) is 0.259. The number of ether oxygens (including phenoxy) is 4. The van der Waals surface area contributed by atoms with Gasteiger partial charge in [0.15, 0.2) is 13.2 Å². The Morgan fingerprint density at radius 2 is 1.15 bits per heavy atom. The molecule has 0 saturated carbocycles. The zero-order valence-electron chi connectivity index (χ0n) is 11.0. The molecule has 0 atom stereocenters. The van der Waals surface area contributed by atoms with E-state index in [1.54, 1.807) is 13.8 Å². The van der Waals surface area contributed by atoms with Gasteiger partial charge in [-0.2, -0.15) is 0 Å². The van der Waals surface area contributed by atoms with Crippen molar-refractivity contribution in [3.05, 3.63) is 0 Å². The molecular formula is C11H15BrO8. The Balaban J connectivity index is 4.06. The molecule has 9 heteroatoms. The van der Waals surface area contributed by atoms with Gasteiger partial charge in [0.25, 0.3) is 0 Å². The van der Waals surface area contributed by atoms with Crippen LogP contribution in [-0.2, 0) is 38.1 Å². The Kier molecular flexibility index (Phi) is 9.35. The number of carbonyl (C=O) groups is 4. The van der Waals surface area contributed by atoms with E-state index < -0.39 is 41.9 Å². The van der Waals surface area contributed by atoms with E-state index in [0.29, 0.717) is 0 Å². The third-order valence-corrected chi connectivity index (χ3v) is 2.44. The Morgan fingerprint density at radius 1 is 0.800 bits per heavy atom. The summed E-state index contributed by atoms with van der Waals surface area (Å²) in [5.74, 6) is -3.51. The van der Waals surface area contributed by atoms with Gasteiger partial charge in [0.2, 0.25) is 4.83 Å². The fourth-order valence-electron chi connectivity index (χ4n) is 0.908. The number of rotatable bonds is 8. The Morgan fingerprint density at radius 3 is 1.45 bits per heavy atom. The first kappa shape index (κ1) is 18.4. The summed E-state index contributed by atoms with van der Waals surface area (Å²) in [7, 11) is 0. The highest BCUT2D eigenvalue weighted by atomic mass is 79.9. The summed E-state index contributed by atoms with van der Waals surface area (Å²) in [4.78, 5) is 43.2. The van der Waals surface area contributed by atoms with E-state index in [-0.39, 0.29) is 13.2 Å². The van der Waals surface area contributed by atoms with E-state index in [9.17, 15) is 19.2 Å². The van der Waals surface area contributed by atoms with Crippen molar-refractivity contribution < 1.29 is 38.1 Å². The van der Waals surface area contributed by atoms with Crippen LogP contribution in [0.1, 0.15) is 13.8 Å². The van der Waals surface area contributed by atoms with Crippen molar-refractivity contribution in [1.82, 2.24) is 0 Å². The maximum absolute atomic E-state index is 11.4. The molecule has 0 spiro atoms. The predicted molar refractivity (Wildman–Crippen MR) is 67.9 cm³/mol. The van der Waals surface area contributed by atoms with Crippen molar-refractivity contribution in [3.63, 3.8) is 0 Å². The van der Waals surface area contributed by atoms with Gasteiger partial charge >= 0.3 is 23.9 Å². The maximum Gasteiger partial charge on any atom is 0.344 e. The molecule has 0 fully saturated rings. The van der Waals surface area contributed by atoms with Crippen molar-refractivity contribution in [2.24, 2.45) is 0 Å². The smallest absolute Gasteiger partial charge is 0.344 e. The third-order valence-electron chi connectivity index (χ3n) is 1.69. The second-order valence-corrected chi connectivity index (χ2v) is 4.10. The fourth-order valence-corrected chi connectivity index (χ4v) is 1.17. The van der Waals surface area contributed by atoms with Crippen LogP contribution in [0.2, 0.25) is 0 Å². The first-order valence-electron chi connectivity index (χ1n) is 5.70. The highest BCUT2D eigenvalue weighted by Crippen LogP contribution is 2.05. The molecule has 0 aliphatic carbocycles. The van der Waals surface area contributed by atoms with Crippen LogP contribution < -0.4 is 0 Å². The summed E-state index contributed by atoms with van der Waals surface area (Å²) >= 11 is 2.73. The fraction of sp³-hybridized carbons (Fsp3) is 0.636. The summed E-state index contributed by atoms with van der Waals surface area (Å²) in [5, 5.41) is 0. The van der Waals surface area contributed by atoms with Crippen LogP contribution in [0.4, 0.5) is 0 Å². The minimum absolute atomic E-state index is 0.149. The highest BCUT2D eigenvalue weighted by molar-refractivity contribution is 9.10. The molecule has 114 valence electrons. The van der Waals surface area contributed by atoms with Gasteiger partial charge in [-0.05, 0) is 13.8 Å². The lowest BCUT2D eigenvalue weighted by molar-refractivity contribution is -0.164. The van der Waals surface area contributed by atoms with Crippen LogP contribution in [0.5, 0.6) is 0 Å². The van der Waals surface area contributed by atoms with Gasteiger partial charge in [-0.1, -0.05) is 15.9 Å². The molecule has 0 rings (SSSR count). The monoisotopic (exact) mass is 354 g/mol. The molecule has 0 radical (unpaired) electrons. The number of hydrogen-bond donors (Lipinski definition) is 0. The lowest BCUT2D eigenvalue weighted by atomic mass is 10.4. The number of carbonyl (C=O) groups excluding carboxylic acids is 4.